The minimum atomic E-state index is -4.83. The number of aromatic amines is 1. The first-order valence-electron chi connectivity index (χ1n) is 13.0. The third kappa shape index (κ3) is 4.38. The Hall–Kier alpha value is -4.74. The van der Waals surface area contributed by atoms with Crippen molar-refractivity contribution in [3.05, 3.63) is 69.3 Å². The van der Waals surface area contributed by atoms with E-state index >= 15 is 0 Å². The Bertz CT molecular complexity index is 1780. The number of halogens is 3. The summed E-state index contributed by atoms with van der Waals surface area (Å²) in [5.41, 5.74) is 0.304. The Labute approximate surface area is 237 Å². The number of carbonyl (C=O) groups excluding carboxylic acids is 3. The fourth-order valence-electron chi connectivity index (χ4n) is 5.71. The number of fused-ring (bicyclic) bond motifs is 4. The van der Waals surface area contributed by atoms with Crippen LogP contribution >= 0.6 is 0 Å². The molecule has 2 aliphatic rings. The van der Waals surface area contributed by atoms with Gasteiger partial charge in [-0.3, -0.25) is 14.4 Å². The maximum absolute atomic E-state index is 13.9. The summed E-state index contributed by atoms with van der Waals surface area (Å²) in [6, 6.07) is 4.01. The van der Waals surface area contributed by atoms with Crippen LogP contribution in [0.25, 0.3) is 10.9 Å². The number of nitrogens with one attached hydrogen (secondary N) is 2. The van der Waals surface area contributed by atoms with Gasteiger partial charge in [-0.1, -0.05) is 0 Å². The Morgan fingerprint density at radius 2 is 1.83 bits per heavy atom. The van der Waals surface area contributed by atoms with Crippen molar-refractivity contribution in [3.63, 3.8) is 0 Å². The topological polar surface area (TPSA) is 138 Å². The minimum absolute atomic E-state index is 0.00649. The molecule has 0 saturated carbocycles. The van der Waals surface area contributed by atoms with E-state index in [1.54, 1.807) is 13.8 Å². The van der Waals surface area contributed by atoms with Crippen LogP contribution in [0.2, 0.25) is 0 Å². The largest absolute Gasteiger partial charge is 0.573 e. The number of phenolic OH excluding ortho intramolecular Hbond substituents is 2. The zero-order valence-electron chi connectivity index (χ0n) is 23.3. The molecule has 5 rings (SSSR count). The van der Waals surface area contributed by atoms with Crippen molar-refractivity contribution in [2.75, 3.05) is 6.54 Å². The molecule has 0 unspecified atom stereocenters. The Kier molecular flexibility index (Phi) is 6.63. The van der Waals surface area contributed by atoms with E-state index in [9.17, 15) is 37.8 Å². The summed E-state index contributed by atoms with van der Waals surface area (Å²) in [6.07, 6.45) is -3.37. The number of aromatic nitrogens is 1. The number of ether oxygens (including phenoxy) is 2. The number of benzene rings is 2. The van der Waals surface area contributed by atoms with Crippen LogP contribution in [0, 0.1) is 13.8 Å². The average Bonchev–Trinajstić information content (AvgIpc) is 3.35. The number of rotatable bonds is 6. The van der Waals surface area contributed by atoms with E-state index in [2.05, 4.69) is 15.0 Å². The lowest BCUT2D eigenvalue weighted by molar-refractivity contribution is -0.274. The van der Waals surface area contributed by atoms with Crippen molar-refractivity contribution in [2.45, 2.75) is 52.8 Å². The summed E-state index contributed by atoms with van der Waals surface area (Å²) in [6.45, 7) is 7.63. The number of alkyl halides is 3. The monoisotopic (exact) mass is 584 g/mol. The number of phenols is 2. The number of carbonyl (C=O) groups is 3. The molecule has 2 heterocycles. The first-order valence-corrected chi connectivity index (χ1v) is 13.0. The summed E-state index contributed by atoms with van der Waals surface area (Å²) < 4.78 is 48.0. The molecule has 0 radical (unpaired) electrons. The van der Waals surface area contributed by atoms with Crippen LogP contribution in [0.4, 0.5) is 13.2 Å². The number of H-pyrrole nitrogens is 1. The summed E-state index contributed by atoms with van der Waals surface area (Å²) in [5, 5.41) is 25.1. The van der Waals surface area contributed by atoms with Gasteiger partial charge in [-0.25, -0.2) is 0 Å². The van der Waals surface area contributed by atoms with Gasteiger partial charge in [0.2, 0.25) is 0 Å². The molecule has 220 valence electrons. The Morgan fingerprint density at radius 1 is 1.14 bits per heavy atom. The second kappa shape index (κ2) is 9.68. The molecule has 4 N–H and O–H groups in total. The molecule has 1 atom stereocenters. The van der Waals surface area contributed by atoms with Crippen molar-refractivity contribution < 1.29 is 47.2 Å². The fourth-order valence-corrected chi connectivity index (χ4v) is 5.71. The number of aromatic hydroxyl groups is 2. The highest BCUT2D eigenvalue weighted by molar-refractivity contribution is 6.31. The number of hydrogen-bond acceptors (Lipinski definition) is 8. The van der Waals surface area contributed by atoms with E-state index in [-0.39, 0.29) is 51.8 Å². The van der Waals surface area contributed by atoms with Crippen LogP contribution in [0.3, 0.4) is 0 Å². The van der Waals surface area contributed by atoms with E-state index in [4.69, 9.17) is 4.74 Å². The van der Waals surface area contributed by atoms with E-state index in [1.165, 1.54) is 39.0 Å². The summed E-state index contributed by atoms with van der Waals surface area (Å²) >= 11 is 0. The molecular weight excluding hydrogens is 557 g/mol. The summed E-state index contributed by atoms with van der Waals surface area (Å²) in [7, 11) is 0. The van der Waals surface area contributed by atoms with Crippen molar-refractivity contribution in [1.82, 2.24) is 10.3 Å². The highest BCUT2D eigenvalue weighted by Crippen LogP contribution is 2.57. The molecule has 1 aromatic heterocycles. The number of aryl methyl sites for hydroxylation is 1. The molecule has 0 bridgehead atoms. The van der Waals surface area contributed by atoms with Gasteiger partial charge in [-0.15, -0.1) is 13.2 Å². The molecule has 1 aliphatic carbocycles. The van der Waals surface area contributed by atoms with Crippen LogP contribution in [-0.4, -0.2) is 45.5 Å². The molecule has 2 aromatic carbocycles. The molecule has 42 heavy (non-hydrogen) atoms. The van der Waals surface area contributed by atoms with Gasteiger partial charge in [-0.05, 0) is 64.8 Å². The molecule has 0 amide bonds. The van der Waals surface area contributed by atoms with Gasteiger partial charge < -0.3 is 30.0 Å². The van der Waals surface area contributed by atoms with E-state index in [0.717, 1.165) is 17.3 Å². The van der Waals surface area contributed by atoms with Gasteiger partial charge in [0, 0.05) is 40.5 Å². The Balaban J connectivity index is 1.46. The lowest BCUT2D eigenvalue weighted by Crippen LogP contribution is -2.41. The predicted octanol–water partition coefficient (Wildman–Crippen LogP) is 5.09. The molecule has 12 heteroatoms. The third-order valence-corrected chi connectivity index (χ3v) is 7.85. The van der Waals surface area contributed by atoms with Gasteiger partial charge in [0.1, 0.15) is 39.7 Å². The smallest absolute Gasteiger partial charge is 0.507 e. The number of allylic oxidation sites excluding steroid dienone is 4. The van der Waals surface area contributed by atoms with Crippen molar-refractivity contribution in [1.29, 1.82) is 0 Å². The van der Waals surface area contributed by atoms with E-state index < -0.39 is 40.6 Å². The zero-order chi connectivity index (χ0) is 30.9. The van der Waals surface area contributed by atoms with Gasteiger partial charge in [0.15, 0.2) is 17.3 Å². The lowest BCUT2D eigenvalue weighted by atomic mass is 9.70. The van der Waals surface area contributed by atoms with Crippen molar-refractivity contribution in [2.24, 2.45) is 0 Å². The van der Waals surface area contributed by atoms with Gasteiger partial charge in [0.05, 0.1) is 11.1 Å². The van der Waals surface area contributed by atoms with Crippen LogP contribution in [0.1, 0.15) is 53.5 Å². The van der Waals surface area contributed by atoms with Gasteiger partial charge in [0.25, 0.3) is 0 Å². The fraction of sp³-hybridized carbons (Fsp3) is 0.300. The second-order valence-electron chi connectivity index (χ2n) is 10.5. The first-order chi connectivity index (χ1) is 19.6. The molecule has 1 aliphatic heterocycles. The molecule has 0 fully saturated rings. The average molecular weight is 585 g/mol. The molecule has 3 aromatic rings. The number of Topliss-reactive ketones (excluding diaryl/α,β-unsaturated/α-hetero) is 2. The number of hydrogen-bond donors (Lipinski definition) is 4. The van der Waals surface area contributed by atoms with Crippen LogP contribution in [-0.2, 0) is 21.4 Å². The van der Waals surface area contributed by atoms with Gasteiger partial charge >= 0.3 is 6.36 Å². The normalized spacial score (nSPS) is 19.3. The SMILES string of the molecule is CC(=O)c1c(O)c(C)c(O)c2c1OC1=CC(=O)/C(=C(/C)NCCc3c(C)[nH]c4ccc(OC(F)(F)F)cc34)C(=O)[C@@]12C. The van der Waals surface area contributed by atoms with Crippen molar-refractivity contribution in [3.8, 4) is 23.0 Å². The predicted molar refractivity (Wildman–Crippen MR) is 145 cm³/mol. The molecule has 0 spiro atoms. The maximum Gasteiger partial charge on any atom is 0.573 e. The molecular formula is C30H27F3N2O7. The zero-order valence-corrected chi connectivity index (χ0v) is 23.3. The molecule has 9 nitrogen and oxygen atoms in total. The highest BCUT2D eigenvalue weighted by atomic mass is 19.4. The van der Waals surface area contributed by atoms with Crippen LogP contribution < -0.4 is 14.8 Å². The summed E-state index contributed by atoms with van der Waals surface area (Å²) in [4.78, 5) is 42.5. The minimum Gasteiger partial charge on any atom is -0.507 e. The van der Waals surface area contributed by atoms with Crippen LogP contribution in [0.5, 0.6) is 23.0 Å². The van der Waals surface area contributed by atoms with E-state index in [1.807, 2.05) is 0 Å². The third-order valence-electron chi connectivity index (χ3n) is 7.85. The number of ketones is 3. The standard InChI is InChI=1S/C30H27F3N2O7/c1-12-25(38)23(15(4)36)27-24(26(12)39)29(5)21(41-27)11-20(37)22(28(29)40)14(3)34-9-8-17-13(2)35-19-7-6-16(10-18(17)19)42-30(31,32)33/h6-7,10-11,34-35,38-39H,8-9H2,1-5H3/b22-14+/t29-/m0/s1. The van der Waals surface area contributed by atoms with Gasteiger partial charge in [-0.2, -0.15) is 0 Å². The Morgan fingerprint density at radius 3 is 2.48 bits per heavy atom. The highest BCUT2D eigenvalue weighted by Gasteiger charge is 2.56. The quantitative estimate of drug-likeness (QED) is 0.179. The van der Waals surface area contributed by atoms with E-state index in [0.29, 0.717) is 17.3 Å². The second-order valence-corrected chi connectivity index (χ2v) is 10.5. The van der Waals surface area contributed by atoms with Crippen molar-refractivity contribution >= 4 is 28.3 Å². The lowest BCUT2D eigenvalue weighted by Gasteiger charge is -2.29. The first kappa shape index (κ1) is 28.8. The maximum atomic E-state index is 13.9. The van der Waals surface area contributed by atoms with Crippen LogP contribution in [0.15, 0.2) is 41.3 Å². The summed E-state index contributed by atoms with van der Waals surface area (Å²) in [5.74, 6) is -3.35. The molecule has 0 saturated heterocycles.